The van der Waals surface area contributed by atoms with Gasteiger partial charge in [-0.2, -0.15) is 0 Å². The lowest BCUT2D eigenvalue weighted by Gasteiger charge is -2.41. The Bertz CT molecular complexity index is 195. The van der Waals surface area contributed by atoms with Gasteiger partial charge in [0.1, 0.15) is 0 Å². The molecule has 0 spiro atoms. The van der Waals surface area contributed by atoms with Gasteiger partial charge in [0.25, 0.3) is 0 Å². The Labute approximate surface area is 85.4 Å². The number of fused-ring (bicyclic) bond motifs is 1. The molecule has 1 N–H and O–H groups in total. The van der Waals surface area contributed by atoms with Crippen molar-refractivity contribution in [3.8, 4) is 0 Å². The highest BCUT2D eigenvalue weighted by Crippen LogP contribution is 2.44. The monoisotopic (exact) mass is 200 g/mol. The number of ether oxygens (including phenoxy) is 2. The molecule has 1 saturated heterocycles. The molecule has 82 valence electrons. The summed E-state index contributed by atoms with van der Waals surface area (Å²) < 4.78 is 10.7. The van der Waals surface area contributed by atoms with Gasteiger partial charge in [-0.15, -0.1) is 0 Å². The third-order valence-electron chi connectivity index (χ3n) is 3.76. The molecule has 1 heterocycles. The Balaban J connectivity index is 2.00. The third-order valence-corrected chi connectivity index (χ3v) is 3.76. The molecule has 1 aliphatic carbocycles. The molecule has 0 aromatic heterocycles. The van der Waals surface area contributed by atoms with Crippen molar-refractivity contribution in [3.63, 3.8) is 0 Å². The zero-order valence-corrected chi connectivity index (χ0v) is 8.87. The summed E-state index contributed by atoms with van der Waals surface area (Å²) in [5.41, 5.74) is -0.545. The average molecular weight is 200 g/mol. The number of aliphatic hydroxyl groups is 1. The van der Waals surface area contributed by atoms with Crippen LogP contribution >= 0.6 is 0 Å². The number of hydrogen-bond donors (Lipinski definition) is 1. The van der Waals surface area contributed by atoms with Crippen LogP contribution in [0.25, 0.3) is 0 Å². The molecular formula is C11H20O3. The lowest BCUT2D eigenvalue weighted by molar-refractivity contribution is -0.171. The molecule has 3 atom stereocenters. The van der Waals surface area contributed by atoms with Gasteiger partial charge in [-0.1, -0.05) is 6.42 Å². The van der Waals surface area contributed by atoms with E-state index in [1.54, 1.807) is 7.11 Å². The van der Waals surface area contributed by atoms with Crippen LogP contribution in [-0.4, -0.2) is 37.1 Å². The van der Waals surface area contributed by atoms with Crippen LogP contribution in [-0.2, 0) is 9.47 Å². The third kappa shape index (κ3) is 1.69. The van der Waals surface area contributed by atoms with Crippen LogP contribution in [0.5, 0.6) is 0 Å². The van der Waals surface area contributed by atoms with Crippen molar-refractivity contribution in [1.82, 2.24) is 0 Å². The average Bonchev–Trinajstić information content (AvgIpc) is 2.56. The van der Waals surface area contributed by atoms with Crippen LogP contribution in [0.4, 0.5) is 0 Å². The molecule has 0 radical (unpaired) electrons. The van der Waals surface area contributed by atoms with E-state index in [0.29, 0.717) is 12.5 Å². The summed E-state index contributed by atoms with van der Waals surface area (Å²) in [4.78, 5) is 0. The number of hydrogen-bond acceptors (Lipinski definition) is 3. The normalized spacial score (nSPS) is 42.4. The highest BCUT2D eigenvalue weighted by Gasteiger charge is 2.49. The summed E-state index contributed by atoms with van der Waals surface area (Å²) in [6, 6.07) is 0. The smallest absolute Gasteiger partial charge is 0.0937 e. The highest BCUT2D eigenvalue weighted by atomic mass is 16.5. The van der Waals surface area contributed by atoms with E-state index in [1.165, 1.54) is 6.42 Å². The molecular weight excluding hydrogens is 180 g/mol. The Morgan fingerprint density at radius 2 is 2.36 bits per heavy atom. The molecule has 2 rings (SSSR count). The van der Waals surface area contributed by atoms with Crippen molar-refractivity contribution in [2.75, 3.05) is 20.3 Å². The molecule has 3 unspecified atom stereocenters. The van der Waals surface area contributed by atoms with Crippen molar-refractivity contribution in [2.24, 2.45) is 5.92 Å². The molecule has 14 heavy (non-hydrogen) atoms. The predicted molar refractivity (Wildman–Crippen MR) is 53.1 cm³/mol. The van der Waals surface area contributed by atoms with Gasteiger partial charge in [0.15, 0.2) is 0 Å². The molecule has 3 heteroatoms. The van der Waals surface area contributed by atoms with Gasteiger partial charge in [-0.3, -0.25) is 0 Å². The summed E-state index contributed by atoms with van der Waals surface area (Å²) in [6.07, 6.45) is 5.08. The minimum atomic E-state index is -0.545. The summed E-state index contributed by atoms with van der Waals surface area (Å²) in [5, 5.41) is 10.5. The molecule has 3 nitrogen and oxygen atoms in total. The minimum Gasteiger partial charge on any atom is -0.387 e. The number of rotatable bonds is 3. The van der Waals surface area contributed by atoms with E-state index in [9.17, 15) is 5.11 Å². The van der Waals surface area contributed by atoms with Crippen LogP contribution in [0.2, 0.25) is 0 Å². The molecule has 0 bridgehead atoms. The van der Waals surface area contributed by atoms with Crippen molar-refractivity contribution in [2.45, 2.75) is 43.8 Å². The fraction of sp³-hybridized carbons (Fsp3) is 1.00. The van der Waals surface area contributed by atoms with Crippen molar-refractivity contribution < 1.29 is 14.6 Å². The largest absolute Gasteiger partial charge is 0.387 e. The molecule has 0 aromatic rings. The Morgan fingerprint density at radius 1 is 1.50 bits per heavy atom. The van der Waals surface area contributed by atoms with Gasteiger partial charge in [0, 0.05) is 20.3 Å². The second kappa shape index (κ2) is 4.17. The second-order valence-corrected chi connectivity index (χ2v) is 4.51. The van der Waals surface area contributed by atoms with Crippen LogP contribution < -0.4 is 0 Å². The van der Waals surface area contributed by atoms with Crippen LogP contribution in [0.3, 0.4) is 0 Å². The fourth-order valence-corrected chi connectivity index (χ4v) is 2.96. The van der Waals surface area contributed by atoms with Gasteiger partial charge < -0.3 is 14.6 Å². The summed E-state index contributed by atoms with van der Waals surface area (Å²) in [7, 11) is 1.69. The maximum atomic E-state index is 10.5. The van der Waals surface area contributed by atoms with Crippen LogP contribution in [0.15, 0.2) is 0 Å². The topological polar surface area (TPSA) is 38.7 Å². The predicted octanol–water partition coefficient (Wildman–Crippen LogP) is 1.34. The first-order valence-electron chi connectivity index (χ1n) is 5.60. The van der Waals surface area contributed by atoms with E-state index >= 15 is 0 Å². The molecule has 1 saturated carbocycles. The second-order valence-electron chi connectivity index (χ2n) is 4.51. The summed E-state index contributed by atoms with van der Waals surface area (Å²) >= 11 is 0. The van der Waals surface area contributed by atoms with Gasteiger partial charge >= 0.3 is 0 Å². The van der Waals surface area contributed by atoms with E-state index in [0.717, 1.165) is 32.3 Å². The van der Waals surface area contributed by atoms with Crippen LogP contribution in [0, 0.1) is 5.92 Å². The Hall–Kier alpha value is -0.120. The van der Waals surface area contributed by atoms with E-state index < -0.39 is 5.60 Å². The Morgan fingerprint density at radius 3 is 3.14 bits per heavy atom. The van der Waals surface area contributed by atoms with Gasteiger partial charge in [-0.25, -0.2) is 0 Å². The minimum absolute atomic E-state index is 0.00343. The Kier molecular flexibility index (Phi) is 3.10. The van der Waals surface area contributed by atoms with Gasteiger partial charge in [0.2, 0.25) is 0 Å². The van der Waals surface area contributed by atoms with Crippen molar-refractivity contribution in [1.29, 1.82) is 0 Å². The first-order chi connectivity index (χ1) is 6.77. The van der Waals surface area contributed by atoms with Crippen molar-refractivity contribution >= 4 is 0 Å². The molecule has 2 fully saturated rings. The van der Waals surface area contributed by atoms with Crippen LogP contribution in [0.1, 0.15) is 32.1 Å². The molecule has 0 amide bonds. The van der Waals surface area contributed by atoms with Gasteiger partial charge in [-0.05, 0) is 31.6 Å². The summed E-state index contributed by atoms with van der Waals surface area (Å²) in [5.74, 6) is 0.470. The SMILES string of the molecule is COCCC1OCCC2CCCC21O. The highest BCUT2D eigenvalue weighted by molar-refractivity contribution is 5.00. The van der Waals surface area contributed by atoms with Crippen molar-refractivity contribution in [3.05, 3.63) is 0 Å². The lowest BCUT2D eigenvalue weighted by atomic mass is 9.80. The van der Waals surface area contributed by atoms with E-state index in [1.807, 2.05) is 0 Å². The van der Waals surface area contributed by atoms with E-state index in [-0.39, 0.29) is 6.10 Å². The maximum absolute atomic E-state index is 10.5. The molecule has 2 aliphatic rings. The van der Waals surface area contributed by atoms with Gasteiger partial charge in [0.05, 0.1) is 11.7 Å². The maximum Gasteiger partial charge on any atom is 0.0937 e. The van der Waals surface area contributed by atoms with E-state index in [4.69, 9.17) is 9.47 Å². The fourth-order valence-electron chi connectivity index (χ4n) is 2.96. The zero-order chi connectivity index (χ0) is 10.0. The van der Waals surface area contributed by atoms with E-state index in [2.05, 4.69) is 0 Å². The summed E-state index contributed by atoms with van der Waals surface area (Å²) in [6.45, 7) is 1.49. The zero-order valence-electron chi connectivity index (χ0n) is 8.87. The standard InChI is InChI=1S/C11H20O3/c1-13-7-5-10-11(12)6-2-3-9(11)4-8-14-10/h9-10,12H,2-8H2,1H3. The molecule has 1 aliphatic heterocycles. The molecule has 0 aromatic carbocycles. The number of methoxy groups -OCH3 is 1. The quantitative estimate of drug-likeness (QED) is 0.747. The first kappa shape index (κ1) is 10.4. The first-order valence-corrected chi connectivity index (χ1v) is 5.60. The lowest BCUT2D eigenvalue weighted by Crippen LogP contribution is -2.51.